The molecule has 0 N–H and O–H groups in total. The van der Waals surface area contributed by atoms with E-state index in [1.807, 2.05) is 49.5 Å². The molecule has 2 heterocycles. The molecule has 1 aromatic carbocycles. The predicted octanol–water partition coefficient (Wildman–Crippen LogP) is 2.92. The van der Waals surface area contributed by atoms with E-state index in [2.05, 4.69) is 0 Å². The number of benzene rings is 1. The van der Waals surface area contributed by atoms with Crippen LogP contribution in [0.4, 0.5) is 0 Å². The van der Waals surface area contributed by atoms with E-state index in [-0.39, 0.29) is 5.97 Å². The van der Waals surface area contributed by atoms with Gasteiger partial charge in [-0.1, -0.05) is 11.6 Å². The monoisotopic (exact) mass is 268 g/mol. The second-order valence-electron chi connectivity index (χ2n) is 4.64. The number of rotatable bonds is 2. The molecule has 0 aliphatic heterocycles. The minimum absolute atomic E-state index is 0.348. The van der Waals surface area contributed by atoms with E-state index in [9.17, 15) is 4.79 Å². The van der Waals surface area contributed by atoms with Gasteiger partial charge in [-0.05, 0) is 25.1 Å². The largest absolute Gasteiger partial charge is 0.426 e. The van der Waals surface area contributed by atoms with Crippen LogP contribution in [0, 0.1) is 6.92 Å². The number of pyridine rings is 1. The van der Waals surface area contributed by atoms with Crippen molar-refractivity contribution in [3.63, 3.8) is 0 Å². The molecule has 0 spiro atoms. The van der Waals surface area contributed by atoms with Crippen LogP contribution in [0.25, 0.3) is 16.8 Å². The summed E-state index contributed by atoms with van der Waals surface area (Å²) in [5, 5.41) is 0. The van der Waals surface area contributed by atoms with Gasteiger partial charge in [0.25, 0.3) is 5.52 Å². The summed E-state index contributed by atoms with van der Waals surface area (Å²) in [6.45, 7) is 3.37. The first kappa shape index (κ1) is 12.4. The fraction of sp³-hybridized carbons (Fsp3) is 0.125. The van der Waals surface area contributed by atoms with Crippen molar-refractivity contribution < 1.29 is 18.6 Å². The van der Waals surface area contributed by atoms with Gasteiger partial charge in [-0.25, -0.2) is 4.52 Å². The lowest BCUT2D eigenvalue weighted by Gasteiger charge is -2.06. The molecule has 4 heteroatoms. The van der Waals surface area contributed by atoms with Gasteiger partial charge in [0.15, 0.2) is 0 Å². The Labute approximate surface area is 116 Å². The molecular weight excluding hydrogens is 254 g/mol. The Kier molecular flexibility index (Phi) is 2.99. The summed E-state index contributed by atoms with van der Waals surface area (Å²) in [5.41, 5.74) is 2.78. The van der Waals surface area contributed by atoms with Crippen LogP contribution in [0.5, 0.6) is 5.75 Å². The minimum atomic E-state index is -0.348. The van der Waals surface area contributed by atoms with Gasteiger partial charge in [0.2, 0.25) is 12.0 Å². The standard InChI is InChI=1S/C16H14NO3/c1-11-6-7-15(19-12(2)18)14(9-11)16-10-13-5-3-4-8-17(13)20-16/h3-10H,1-2H3/q+1. The van der Waals surface area contributed by atoms with Crippen LogP contribution in [-0.2, 0) is 4.79 Å². The van der Waals surface area contributed by atoms with Crippen LogP contribution in [0.3, 0.4) is 0 Å². The third-order valence-corrected chi connectivity index (χ3v) is 2.98. The fourth-order valence-electron chi connectivity index (χ4n) is 2.11. The molecule has 0 aliphatic rings. The molecule has 0 unspecified atom stereocenters. The van der Waals surface area contributed by atoms with Gasteiger partial charge >= 0.3 is 5.97 Å². The van der Waals surface area contributed by atoms with Crippen LogP contribution < -0.4 is 9.31 Å². The molecule has 100 valence electrons. The number of ether oxygens (including phenoxy) is 1. The highest BCUT2D eigenvalue weighted by atomic mass is 16.5. The highest BCUT2D eigenvalue weighted by Crippen LogP contribution is 2.31. The van der Waals surface area contributed by atoms with Crippen LogP contribution in [0.15, 0.2) is 53.2 Å². The van der Waals surface area contributed by atoms with Crippen molar-refractivity contribution in [3.8, 4) is 17.1 Å². The van der Waals surface area contributed by atoms with Crippen molar-refractivity contribution >= 4 is 11.5 Å². The Morgan fingerprint density at radius 1 is 1.20 bits per heavy atom. The molecule has 0 fully saturated rings. The van der Waals surface area contributed by atoms with Crippen molar-refractivity contribution in [1.29, 1.82) is 0 Å². The third kappa shape index (κ3) is 2.28. The smallest absolute Gasteiger partial charge is 0.308 e. The average molecular weight is 268 g/mol. The van der Waals surface area contributed by atoms with Crippen LogP contribution >= 0.6 is 0 Å². The normalized spacial score (nSPS) is 10.7. The lowest BCUT2D eigenvalue weighted by Crippen LogP contribution is -2.15. The second kappa shape index (κ2) is 4.81. The number of fused-ring (bicyclic) bond motifs is 1. The quantitative estimate of drug-likeness (QED) is 0.408. The molecule has 0 saturated heterocycles. The number of nitrogens with zero attached hydrogens (tertiary/aromatic N) is 1. The summed E-state index contributed by atoms with van der Waals surface area (Å²) in [6, 6.07) is 13.3. The lowest BCUT2D eigenvalue weighted by molar-refractivity contribution is -0.714. The summed E-state index contributed by atoms with van der Waals surface area (Å²) < 4.78 is 12.7. The number of aromatic nitrogens is 1. The topological polar surface area (TPSA) is 43.5 Å². The van der Waals surface area contributed by atoms with Gasteiger partial charge in [0, 0.05) is 23.6 Å². The van der Waals surface area contributed by atoms with Gasteiger partial charge in [-0.3, -0.25) is 4.79 Å². The van der Waals surface area contributed by atoms with Crippen LogP contribution in [-0.4, -0.2) is 5.97 Å². The maximum atomic E-state index is 11.2. The van der Waals surface area contributed by atoms with E-state index >= 15 is 0 Å². The number of carbonyl (C=O) groups excluding carboxylic acids is 1. The van der Waals surface area contributed by atoms with Crippen molar-refractivity contribution in [3.05, 3.63) is 54.2 Å². The maximum Gasteiger partial charge on any atom is 0.308 e. The average Bonchev–Trinajstić information content (AvgIpc) is 2.84. The molecule has 4 nitrogen and oxygen atoms in total. The Morgan fingerprint density at radius 3 is 2.80 bits per heavy atom. The Hall–Kier alpha value is -2.62. The van der Waals surface area contributed by atoms with Gasteiger partial charge in [-0.2, -0.15) is 0 Å². The van der Waals surface area contributed by atoms with Crippen LogP contribution in [0.2, 0.25) is 0 Å². The SMILES string of the molecule is CC(=O)Oc1ccc(C)cc1-c1cc2cccc[n+]2o1. The maximum absolute atomic E-state index is 11.2. The molecule has 0 aliphatic carbocycles. The first-order valence-electron chi connectivity index (χ1n) is 6.33. The van der Waals surface area contributed by atoms with E-state index in [1.165, 1.54) is 6.92 Å². The summed E-state index contributed by atoms with van der Waals surface area (Å²) >= 11 is 0. The number of carbonyl (C=O) groups is 1. The Balaban J connectivity index is 2.16. The van der Waals surface area contributed by atoms with Crippen molar-refractivity contribution in [2.75, 3.05) is 0 Å². The molecule has 0 bridgehead atoms. The number of esters is 1. The third-order valence-electron chi connectivity index (χ3n) is 2.98. The van der Waals surface area contributed by atoms with E-state index in [0.717, 1.165) is 16.6 Å². The summed E-state index contributed by atoms with van der Waals surface area (Å²) in [4.78, 5) is 11.2. The van der Waals surface area contributed by atoms with Crippen molar-refractivity contribution in [2.24, 2.45) is 0 Å². The number of aryl methyl sites for hydroxylation is 1. The zero-order valence-electron chi connectivity index (χ0n) is 11.3. The molecule has 0 amide bonds. The zero-order valence-corrected chi connectivity index (χ0v) is 11.3. The fourth-order valence-corrected chi connectivity index (χ4v) is 2.11. The number of hydrogen-bond donors (Lipinski definition) is 0. The van der Waals surface area contributed by atoms with Crippen molar-refractivity contribution in [1.82, 2.24) is 0 Å². The van der Waals surface area contributed by atoms with E-state index in [1.54, 1.807) is 10.6 Å². The highest BCUT2D eigenvalue weighted by molar-refractivity contribution is 5.75. The molecular formula is C16H14NO3+. The molecule has 0 atom stereocenters. The highest BCUT2D eigenvalue weighted by Gasteiger charge is 2.17. The first-order chi connectivity index (χ1) is 9.63. The van der Waals surface area contributed by atoms with Gasteiger partial charge in [0.05, 0.1) is 11.6 Å². The predicted molar refractivity (Wildman–Crippen MR) is 73.4 cm³/mol. The van der Waals surface area contributed by atoms with E-state index in [0.29, 0.717) is 11.5 Å². The Morgan fingerprint density at radius 2 is 2.05 bits per heavy atom. The molecule has 20 heavy (non-hydrogen) atoms. The van der Waals surface area contributed by atoms with E-state index in [4.69, 9.17) is 9.26 Å². The van der Waals surface area contributed by atoms with Crippen molar-refractivity contribution in [2.45, 2.75) is 13.8 Å². The summed E-state index contributed by atoms with van der Waals surface area (Å²) in [5.74, 6) is 0.817. The van der Waals surface area contributed by atoms with Gasteiger partial charge in [-0.15, -0.1) is 0 Å². The van der Waals surface area contributed by atoms with Crippen LogP contribution in [0.1, 0.15) is 12.5 Å². The van der Waals surface area contributed by atoms with Gasteiger partial charge in [0.1, 0.15) is 5.75 Å². The lowest BCUT2D eigenvalue weighted by atomic mass is 10.1. The summed E-state index contributed by atoms with van der Waals surface area (Å²) in [7, 11) is 0. The number of hydrogen-bond acceptors (Lipinski definition) is 3. The van der Waals surface area contributed by atoms with E-state index < -0.39 is 0 Å². The molecule has 0 radical (unpaired) electrons. The minimum Gasteiger partial charge on any atom is -0.426 e. The zero-order chi connectivity index (χ0) is 14.1. The first-order valence-corrected chi connectivity index (χ1v) is 6.33. The second-order valence-corrected chi connectivity index (χ2v) is 4.64. The molecule has 3 rings (SSSR count). The molecule has 2 aromatic heterocycles. The summed E-state index contributed by atoms with van der Waals surface area (Å²) in [6.07, 6.45) is 1.83. The Bertz CT molecular complexity index is 756. The molecule has 3 aromatic rings. The van der Waals surface area contributed by atoms with Gasteiger partial charge < -0.3 is 4.74 Å². The molecule has 0 saturated carbocycles.